The lowest BCUT2D eigenvalue weighted by Crippen LogP contribution is -2.28. The maximum absolute atomic E-state index is 5.80. The fourth-order valence-electron chi connectivity index (χ4n) is 2.93. The second kappa shape index (κ2) is 3.97. The summed E-state index contributed by atoms with van der Waals surface area (Å²) in [7, 11) is 2.04. The number of aromatic nitrogens is 2. The maximum Gasteiger partial charge on any atom is 0.0527 e. The number of aryl methyl sites for hydroxylation is 1. The third-order valence-electron chi connectivity index (χ3n) is 3.89. The summed E-state index contributed by atoms with van der Waals surface area (Å²) in [5, 5.41) is 4.38. The number of hydrogen-bond donors (Lipinski definition) is 1. The molecule has 1 aromatic heterocycles. The van der Waals surface area contributed by atoms with E-state index in [1.165, 1.54) is 24.1 Å². The predicted molar refractivity (Wildman–Crippen MR) is 61.7 cm³/mol. The Hall–Kier alpha value is -0.830. The molecular formula is C12H21N3. The Bertz CT molecular complexity index is 343. The first-order chi connectivity index (χ1) is 7.15. The van der Waals surface area contributed by atoms with Gasteiger partial charge in [-0.05, 0) is 42.7 Å². The summed E-state index contributed by atoms with van der Waals surface area (Å²) in [5.41, 5.74) is 8.66. The maximum atomic E-state index is 5.80. The zero-order valence-corrected chi connectivity index (χ0v) is 9.90. The van der Waals surface area contributed by atoms with Crippen LogP contribution in [0.2, 0.25) is 0 Å². The Kier molecular flexibility index (Phi) is 2.83. The van der Waals surface area contributed by atoms with E-state index >= 15 is 0 Å². The Balaban J connectivity index is 2.37. The van der Waals surface area contributed by atoms with Crippen LogP contribution in [0, 0.1) is 11.8 Å². The van der Waals surface area contributed by atoms with E-state index in [2.05, 4.69) is 18.9 Å². The van der Waals surface area contributed by atoms with Crippen molar-refractivity contribution >= 4 is 0 Å². The molecular weight excluding hydrogens is 186 g/mol. The van der Waals surface area contributed by atoms with Crippen molar-refractivity contribution in [2.75, 3.05) is 6.54 Å². The van der Waals surface area contributed by atoms with Crippen LogP contribution in [0.3, 0.4) is 0 Å². The van der Waals surface area contributed by atoms with Gasteiger partial charge >= 0.3 is 0 Å². The number of hydrogen-bond acceptors (Lipinski definition) is 2. The molecule has 0 radical (unpaired) electrons. The first-order valence-electron chi connectivity index (χ1n) is 5.86. The van der Waals surface area contributed by atoms with Gasteiger partial charge in [0.15, 0.2) is 0 Å². The molecule has 0 bridgehead atoms. The molecule has 0 saturated heterocycles. The Morgan fingerprint density at radius 2 is 2.40 bits per heavy atom. The van der Waals surface area contributed by atoms with Gasteiger partial charge < -0.3 is 5.73 Å². The number of fused-ring (bicyclic) bond motifs is 1. The van der Waals surface area contributed by atoms with E-state index < -0.39 is 0 Å². The lowest BCUT2D eigenvalue weighted by atomic mass is 9.72. The van der Waals surface area contributed by atoms with E-state index in [-0.39, 0.29) is 0 Å². The molecule has 0 aliphatic heterocycles. The summed E-state index contributed by atoms with van der Waals surface area (Å²) < 4.78 is 2.03. The molecule has 2 rings (SSSR count). The van der Waals surface area contributed by atoms with Gasteiger partial charge in [0.1, 0.15) is 0 Å². The van der Waals surface area contributed by atoms with E-state index in [1.54, 1.807) is 0 Å². The SMILES string of the molecule is CC(CN)C1c2cnn(C)c2CCC1C. The molecule has 0 aromatic carbocycles. The minimum absolute atomic E-state index is 0.559. The van der Waals surface area contributed by atoms with Gasteiger partial charge in [-0.2, -0.15) is 5.10 Å². The molecule has 3 heteroatoms. The van der Waals surface area contributed by atoms with Gasteiger partial charge in [0.05, 0.1) is 6.20 Å². The second-order valence-electron chi connectivity index (χ2n) is 4.92. The average molecular weight is 207 g/mol. The molecule has 1 aliphatic carbocycles. The van der Waals surface area contributed by atoms with Crippen LogP contribution in [-0.4, -0.2) is 16.3 Å². The molecule has 3 nitrogen and oxygen atoms in total. The first kappa shape index (κ1) is 10.7. The first-order valence-corrected chi connectivity index (χ1v) is 5.86. The van der Waals surface area contributed by atoms with Crippen LogP contribution < -0.4 is 5.73 Å². The van der Waals surface area contributed by atoms with Gasteiger partial charge in [-0.1, -0.05) is 13.8 Å². The van der Waals surface area contributed by atoms with E-state index in [4.69, 9.17) is 5.73 Å². The summed E-state index contributed by atoms with van der Waals surface area (Å²) in [4.78, 5) is 0. The molecule has 84 valence electrons. The zero-order valence-electron chi connectivity index (χ0n) is 9.90. The van der Waals surface area contributed by atoms with Crippen molar-refractivity contribution in [2.24, 2.45) is 24.6 Å². The third kappa shape index (κ3) is 1.69. The molecule has 1 aromatic rings. The summed E-state index contributed by atoms with van der Waals surface area (Å²) >= 11 is 0. The van der Waals surface area contributed by atoms with Gasteiger partial charge in [0.2, 0.25) is 0 Å². The van der Waals surface area contributed by atoms with Gasteiger partial charge in [0, 0.05) is 12.7 Å². The lowest BCUT2D eigenvalue weighted by Gasteiger charge is -2.33. The molecule has 1 aliphatic rings. The minimum atomic E-state index is 0.559. The molecule has 3 atom stereocenters. The van der Waals surface area contributed by atoms with Crippen LogP contribution >= 0.6 is 0 Å². The Morgan fingerprint density at radius 1 is 1.67 bits per heavy atom. The van der Waals surface area contributed by atoms with Crippen LogP contribution in [0.25, 0.3) is 0 Å². The number of rotatable bonds is 2. The molecule has 3 unspecified atom stereocenters. The van der Waals surface area contributed by atoms with Crippen molar-refractivity contribution in [2.45, 2.75) is 32.6 Å². The summed E-state index contributed by atoms with van der Waals surface area (Å²) in [6, 6.07) is 0. The van der Waals surface area contributed by atoms with Gasteiger partial charge in [-0.15, -0.1) is 0 Å². The highest BCUT2D eigenvalue weighted by molar-refractivity contribution is 5.27. The second-order valence-corrected chi connectivity index (χ2v) is 4.92. The van der Waals surface area contributed by atoms with Crippen molar-refractivity contribution in [1.29, 1.82) is 0 Å². The normalized spacial score (nSPS) is 27.5. The minimum Gasteiger partial charge on any atom is -0.330 e. The fraction of sp³-hybridized carbons (Fsp3) is 0.750. The highest BCUT2D eigenvalue weighted by Gasteiger charge is 2.32. The standard InChI is InChI=1S/C12H21N3/c1-8-4-5-11-10(7-14-15(11)3)12(8)9(2)6-13/h7-9,12H,4-6,13H2,1-3H3. The Morgan fingerprint density at radius 3 is 3.07 bits per heavy atom. The molecule has 0 amide bonds. The molecule has 0 saturated carbocycles. The summed E-state index contributed by atoms with van der Waals surface area (Å²) in [6.07, 6.45) is 4.48. The van der Waals surface area contributed by atoms with Crippen molar-refractivity contribution < 1.29 is 0 Å². The number of nitrogens with zero attached hydrogens (tertiary/aromatic N) is 2. The summed E-state index contributed by atoms with van der Waals surface area (Å²) in [6.45, 7) is 5.36. The molecule has 2 N–H and O–H groups in total. The smallest absolute Gasteiger partial charge is 0.0527 e. The van der Waals surface area contributed by atoms with Crippen molar-refractivity contribution in [1.82, 2.24) is 9.78 Å². The largest absolute Gasteiger partial charge is 0.330 e. The van der Waals surface area contributed by atoms with Gasteiger partial charge in [-0.3, -0.25) is 4.68 Å². The van der Waals surface area contributed by atoms with Crippen molar-refractivity contribution in [3.63, 3.8) is 0 Å². The highest BCUT2D eigenvalue weighted by atomic mass is 15.3. The van der Waals surface area contributed by atoms with Crippen molar-refractivity contribution in [3.8, 4) is 0 Å². The van der Waals surface area contributed by atoms with Crippen LogP contribution in [0.15, 0.2) is 6.20 Å². The quantitative estimate of drug-likeness (QED) is 0.802. The van der Waals surface area contributed by atoms with Crippen LogP contribution in [0.1, 0.15) is 37.4 Å². The third-order valence-corrected chi connectivity index (χ3v) is 3.89. The van der Waals surface area contributed by atoms with Crippen LogP contribution in [0.4, 0.5) is 0 Å². The van der Waals surface area contributed by atoms with E-state index in [9.17, 15) is 0 Å². The molecule has 15 heavy (non-hydrogen) atoms. The predicted octanol–water partition coefficient (Wildman–Crippen LogP) is 1.68. The monoisotopic (exact) mass is 207 g/mol. The van der Waals surface area contributed by atoms with Crippen LogP contribution in [-0.2, 0) is 13.5 Å². The van der Waals surface area contributed by atoms with E-state index in [0.29, 0.717) is 11.8 Å². The Labute approximate surface area is 91.7 Å². The van der Waals surface area contributed by atoms with Crippen LogP contribution in [0.5, 0.6) is 0 Å². The highest BCUT2D eigenvalue weighted by Crippen LogP contribution is 2.40. The summed E-state index contributed by atoms with van der Waals surface area (Å²) in [5.74, 6) is 1.90. The van der Waals surface area contributed by atoms with Gasteiger partial charge in [-0.25, -0.2) is 0 Å². The topological polar surface area (TPSA) is 43.8 Å². The van der Waals surface area contributed by atoms with Gasteiger partial charge in [0.25, 0.3) is 0 Å². The van der Waals surface area contributed by atoms with E-state index in [0.717, 1.165) is 12.5 Å². The molecule has 0 fully saturated rings. The zero-order chi connectivity index (χ0) is 11.0. The number of nitrogens with two attached hydrogens (primary N) is 1. The molecule has 0 spiro atoms. The van der Waals surface area contributed by atoms with Crippen molar-refractivity contribution in [3.05, 3.63) is 17.5 Å². The lowest BCUT2D eigenvalue weighted by molar-refractivity contribution is 0.312. The average Bonchev–Trinajstić information content (AvgIpc) is 2.59. The van der Waals surface area contributed by atoms with E-state index in [1.807, 2.05) is 17.9 Å². The fourth-order valence-corrected chi connectivity index (χ4v) is 2.93. The molecule has 1 heterocycles.